The van der Waals surface area contributed by atoms with Crippen LogP contribution in [0.5, 0.6) is 0 Å². The molecule has 0 bridgehead atoms. The van der Waals surface area contributed by atoms with E-state index in [0.717, 1.165) is 11.1 Å². The second-order valence-electron chi connectivity index (χ2n) is 6.72. The van der Waals surface area contributed by atoms with Gasteiger partial charge in [0.25, 0.3) is 0 Å². The Bertz CT molecular complexity index is 982. The molecule has 0 heterocycles. The van der Waals surface area contributed by atoms with Gasteiger partial charge < -0.3 is 10.4 Å². The van der Waals surface area contributed by atoms with E-state index < -0.39 is 17.8 Å². The number of Topliss-reactive ketones (excluding diaryl/α,β-unsaturated/α-hetero) is 1. The Hall–Kier alpha value is -3.73. The second kappa shape index (κ2) is 9.46. The minimum atomic E-state index is -1.16. The van der Waals surface area contributed by atoms with E-state index in [-0.39, 0.29) is 18.6 Å². The zero-order valence-corrected chi connectivity index (χ0v) is 15.7. The predicted molar refractivity (Wildman–Crippen MR) is 112 cm³/mol. The summed E-state index contributed by atoms with van der Waals surface area (Å²) in [6, 6.07) is 25.6. The van der Waals surface area contributed by atoms with E-state index in [1.807, 2.05) is 48.5 Å². The third-order valence-electron chi connectivity index (χ3n) is 4.58. The number of anilines is 1. The van der Waals surface area contributed by atoms with Gasteiger partial charge in [0.05, 0.1) is 5.92 Å². The van der Waals surface area contributed by atoms with Crippen molar-refractivity contribution in [3.63, 3.8) is 0 Å². The fourth-order valence-corrected chi connectivity index (χ4v) is 3.02. The number of carboxylic acids is 1. The summed E-state index contributed by atoms with van der Waals surface area (Å²) in [5.74, 6) is -2.98. The number of nitrogens with one attached hydrogen (secondary N) is 1. The quantitative estimate of drug-likeness (QED) is 0.551. The van der Waals surface area contributed by atoms with E-state index in [2.05, 4.69) is 5.32 Å². The van der Waals surface area contributed by atoms with E-state index in [1.54, 1.807) is 36.4 Å². The molecule has 146 valence electrons. The number of carbonyl (C=O) groups excluding carboxylic acids is 2. The van der Waals surface area contributed by atoms with Crippen LogP contribution in [0.2, 0.25) is 0 Å². The Morgan fingerprint density at radius 1 is 0.724 bits per heavy atom. The minimum absolute atomic E-state index is 0.234. The van der Waals surface area contributed by atoms with Gasteiger partial charge in [-0.1, -0.05) is 72.8 Å². The molecule has 3 aromatic carbocycles. The van der Waals surface area contributed by atoms with Gasteiger partial charge in [-0.25, -0.2) is 0 Å². The predicted octanol–water partition coefficient (Wildman–Crippen LogP) is 4.66. The van der Waals surface area contributed by atoms with Crippen LogP contribution in [0.15, 0.2) is 84.9 Å². The summed E-state index contributed by atoms with van der Waals surface area (Å²) in [4.78, 5) is 36.3. The van der Waals surface area contributed by atoms with Crippen molar-refractivity contribution < 1.29 is 19.5 Å². The standard InChI is InChI=1S/C24H21NO4/c26-22(19-13-11-18(12-14-19)17-7-3-1-4-8-17)15-20(24(28)29)16-23(27)25-21-9-5-2-6-10-21/h1-14,20H,15-16H2,(H,25,27)(H,28,29). The lowest BCUT2D eigenvalue weighted by Crippen LogP contribution is -2.24. The fraction of sp³-hybridized carbons (Fsp3) is 0.125. The first-order valence-electron chi connectivity index (χ1n) is 9.29. The highest BCUT2D eigenvalue weighted by molar-refractivity contribution is 6.00. The van der Waals surface area contributed by atoms with Crippen LogP contribution in [0.3, 0.4) is 0 Å². The van der Waals surface area contributed by atoms with Crippen molar-refractivity contribution in [3.8, 4) is 11.1 Å². The van der Waals surface area contributed by atoms with Crippen molar-refractivity contribution in [3.05, 3.63) is 90.5 Å². The topological polar surface area (TPSA) is 83.5 Å². The zero-order valence-electron chi connectivity index (χ0n) is 15.7. The van der Waals surface area contributed by atoms with Gasteiger partial charge in [0.1, 0.15) is 0 Å². The van der Waals surface area contributed by atoms with E-state index >= 15 is 0 Å². The minimum Gasteiger partial charge on any atom is -0.481 e. The van der Waals surface area contributed by atoms with E-state index in [1.165, 1.54) is 0 Å². The lowest BCUT2D eigenvalue weighted by Gasteiger charge is -2.12. The van der Waals surface area contributed by atoms with Gasteiger partial charge in [-0.2, -0.15) is 0 Å². The van der Waals surface area contributed by atoms with E-state index in [4.69, 9.17) is 0 Å². The first-order valence-corrected chi connectivity index (χ1v) is 9.29. The molecule has 1 unspecified atom stereocenters. The van der Waals surface area contributed by atoms with Crippen LogP contribution in [-0.2, 0) is 9.59 Å². The van der Waals surface area contributed by atoms with Crippen molar-refractivity contribution in [1.29, 1.82) is 0 Å². The van der Waals surface area contributed by atoms with Crippen LogP contribution >= 0.6 is 0 Å². The first-order chi connectivity index (χ1) is 14.0. The molecule has 0 aliphatic rings. The fourth-order valence-electron chi connectivity index (χ4n) is 3.02. The molecule has 0 radical (unpaired) electrons. The summed E-state index contributed by atoms with van der Waals surface area (Å²) >= 11 is 0. The molecule has 1 atom stereocenters. The maximum Gasteiger partial charge on any atom is 0.307 e. The molecule has 3 aromatic rings. The smallest absolute Gasteiger partial charge is 0.307 e. The van der Waals surface area contributed by atoms with Gasteiger partial charge >= 0.3 is 5.97 Å². The summed E-state index contributed by atoms with van der Waals surface area (Å²) in [5.41, 5.74) is 3.02. The van der Waals surface area contributed by atoms with Gasteiger partial charge in [0.2, 0.25) is 5.91 Å². The molecule has 0 aliphatic heterocycles. The number of para-hydroxylation sites is 1. The Balaban J connectivity index is 1.63. The average molecular weight is 387 g/mol. The highest BCUT2D eigenvalue weighted by atomic mass is 16.4. The molecule has 0 spiro atoms. The number of hydrogen-bond acceptors (Lipinski definition) is 3. The average Bonchev–Trinajstić information content (AvgIpc) is 2.74. The number of rotatable bonds is 8. The SMILES string of the molecule is O=C(CC(CC(=O)c1ccc(-c2ccccc2)cc1)C(=O)O)Nc1ccccc1. The maximum absolute atomic E-state index is 12.6. The lowest BCUT2D eigenvalue weighted by atomic mass is 9.94. The largest absolute Gasteiger partial charge is 0.481 e. The molecular formula is C24H21NO4. The normalized spacial score (nSPS) is 11.4. The highest BCUT2D eigenvalue weighted by Gasteiger charge is 2.25. The Morgan fingerprint density at radius 2 is 1.28 bits per heavy atom. The zero-order chi connectivity index (χ0) is 20.6. The number of benzene rings is 3. The summed E-state index contributed by atoms with van der Waals surface area (Å²) in [6.07, 6.45) is -0.500. The Kier molecular flexibility index (Phi) is 6.53. The highest BCUT2D eigenvalue weighted by Crippen LogP contribution is 2.21. The van der Waals surface area contributed by atoms with Crippen molar-refractivity contribution in [2.75, 3.05) is 5.32 Å². The molecule has 1 amide bonds. The van der Waals surface area contributed by atoms with Gasteiger partial charge in [0, 0.05) is 24.1 Å². The third-order valence-corrected chi connectivity index (χ3v) is 4.58. The van der Waals surface area contributed by atoms with Crippen LogP contribution in [0.4, 0.5) is 5.69 Å². The molecular weight excluding hydrogens is 366 g/mol. The number of aliphatic carboxylic acids is 1. The van der Waals surface area contributed by atoms with Gasteiger partial charge in [-0.15, -0.1) is 0 Å². The maximum atomic E-state index is 12.6. The molecule has 29 heavy (non-hydrogen) atoms. The Labute approximate surface area is 169 Å². The molecule has 0 aromatic heterocycles. The number of ketones is 1. The van der Waals surface area contributed by atoms with E-state index in [0.29, 0.717) is 11.3 Å². The van der Waals surface area contributed by atoms with Gasteiger partial charge in [-0.05, 0) is 23.3 Å². The molecule has 5 nitrogen and oxygen atoms in total. The first kappa shape index (κ1) is 20.0. The molecule has 0 fully saturated rings. The van der Waals surface area contributed by atoms with E-state index in [9.17, 15) is 19.5 Å². The number of carbonyl (C=O) groups is 3. The van der Waals surface area contributed by atoms with Crippen LogP contribution < -0.4 is 5.32 Å². The van der Waals surface area contributed by atoms with Gasteiger partial charge in [-0.3, -0.25) is 14.4 Å². The van der Waals surface area contributed by atoms with Crippen molar-refractivity contribution in [1.82, 2.24) is 0 Å². The number of carboxylic acid groups (broad SMARTS) is 1. The monoisotopic (exact) mass is 387 g/mol. The number of amides is 1. The summed E-state index contributed by atoms with van der Waals surface area (Å²) in [5, 5.41) is 12.1. The van der Waals surface area contributed by atoms with Crippen LogP contribution in [-0.4, -0.2) is 22.8 Å². The molecule has 2 N–H and O–H groups in total. The Morgan fingerprint density at radius 3 is 1.86 bits per heavy atom. The van der Waals surface area contributed by atoms with Crippen LogP contribution in [0, 0.1) is 5.92 Å². The van der Waals surface area contributed by atoms with Crippen LogP contribution in [0.1, 0.15) is 23.2 Å². The molecule has 3 rings (SSSR count). The van der Waals surface area contributed by atoms with Gasteiger partial charge in [0.15, 0.2) is 5.78 Å². The summed E-state index contributed by atoms with van der Waals surface area (Å²) in [6.45, 7) is 0. The second-order valence-corrected chi connectivity index (χ2v) is 6.72. The molecule has 5 heteroatoms. The van der Waals surface area contributed by atoms with Crippen molar-refractivity contribution in [2.45, 2.75) is 12.8 Å². The summed E-state index contributed by atoms with van der Waals surface area (Å²) in [7, 11) is 0. The van der Waals surface area contributed by atoms with Crippen LogP contribution in [0.25, 0.3) is 11.1 Å². The van der Waals surface area contributed by atoms with Crippen molar-refractivity contribution >= 4 is 23.3 Å². The number of hydrogen-bond donors (Lipinski definition) is 2. The summed E-state index contributed by atoms with van der Waals surface area (Å²) < 4.78 is 0. The lowest BCUT2D eigenvalue weighted by molar-refractivity contribution is -0.143. The third kappa shape index (κ3) is 5.62. The molecule has 0 saturated carbocycles. The molecule has 0 saturated heterocycles. The van der Waals surface area contributed by atoms with Crippen molar-refractivity contribution in [2.24, 2.45) is 5.92 Å². The molecule has 0 aliphatic carbocycles.